The SMILES string of the molecule is N#Cc1ccc(SCc2ccc(Cl)cc2)c([N+](=O)[O-])c1. The molecule has 6 heteroatoms. The van der Waals surface area contributed by atoms with Gasteiger partial charge >= 0.3 is 0 Å². The molecule has 0 N–H and O–H groups in total. The Bertz CT molecular complexity index is 681. The van der Waals surface area contributed by atoms with Crippen molar-refractivity contribution in [3.05, 3.63) is 68.7 Å². The van der Waals surface area contributed by atoms with E-state index in [1.54, 1.807) is 24.3 Å². The van der Waals surface area contributed by atoms with Gasteiger partial charge in [-0.3, -0.25) is 10.1 Å². The maximum Gasteiger partial charge on any atom is 0.284 e. The lowest BCUT2D eigenvalue weighted by molar-refractivity contribution is -0.387. The molecule has 100 valence electrons. The van der Waals surface area contributed by atoms with Crippen LogP contribution >= 0.6 is 23.4 Å². The summed E-state index contributed by atoms with van der Waals surface area (Å²) in [5.74, 6) is 0.601. The van der Waals surface area contributed by atoms with Crippen LogP contribution in [-0.2, 0) is 5.75 Å². The van der Waals surface area contributed by atoms with Gasteiger partial charge in [0.2, 0.25) is 0 Å². The Morgan fingerprint density at radius 2 is 1.95 bits per heavy atom. The van der Waals surface area contributed by atoms with E-state index in [9.17, 15) is 10.1 Å². The Morgan fingerprint density at radius 1 is 1.25 bits per heavy atom. The predicted octanol–water partition coefficient (Wildman–Crippen LogP) is 4.41. The monoisotopic (exact) mass is 304 g/mol. The van der Waals surface area contributed by atoms with E-state index in [2.05, 4.69) is 0 Å². The van der Waals surface area contributed by atoms with E-state index in [4.69, 9.17) is 16.9 Å². The second-order valence-corrected chi connectivity index (χ2v) is 5.42. The minimum atomic E-state index is -0.467. The summed E-state index contributed by atoms with van der Waals surface area (Å²) in [6.45, 7) is 0. The number of benzene rings is 2. The molecule has 4 nitrogen and oxygen atoms in total. The lowest BCUT2D eigenvalue weighted by Crippen LogP contribution is -1.92. The van der Waals surface area contributed by atoms with Crippen molar-refractivity contribution >= 4 is 29.1 Å². The van der Waals surface area contributed by atoms with Gasteiger partial charge in [0.15, 0.2) is 0 Å². The van der Waals surface area contributed by atoms with E-state index in [1.807, 2.05) is 18.2 Å². The van der Waals surface area contributed by atoms with Crippen LogP contribution < -0.4 is 0 Å². The second-order valence-electron chi connectivity index (χ2n) is 3.97. The second kappa shape index (κ2) is 6.42. The molecule has 0 radical (unpaired) electrons. The summed E-state index contributed by atoms with van der Waals surface area (Å²) in [6, 6.07) is 13.7. The fourth-order valence-corrected chi connectivity index (χ4v) is 2.68. The molecule has 2 aromatic carbocycles. The van der Waals surface area contributed by atoms with Gasteiger partial charge in [0.1, 0.15) is 0 Å². The average Bonchev–Trinajstić information content (AvgIpc) is 2.46. The van der Waals surface area contributed by atoms with E-state index in [-0.39, 0.29) is 11.3 Å². The molecule has 2 rings (SSSR count). The largest absolute Gasteiger partial charge is 0.284 e. The van der Waals surface area contributed by atoms with Crippen molar-refractivity contribution in [2.45, 2.75) is 10.6 Å². The average molecular weight is 305 g/mol. The Hall–Kier alpha value is -2.03. The van der Waals surface area contributed by atoms with Crippen molar-refractivity contribution in [2.24, 2.45) is 0 Å². The molecule has 2 aromatic rings. The fraction of sp³-hybridized carbons (Fsp3) is 0.0714. The molecule has 0 aliphatic rings. The molecular formula is C14H9ClN2O2S. The van der Waals surface area contributed by atoms with Gasteiger partial charge in [-0.2, -0.15) is 5.26 Å². The quantitative estimate of drug-likeness (QED) is 0.476. The van der Waals surface area contributed by atoms with E-state index in [0.717, 1.165) is 5.56 Å². The van der Waals surface area contributed by atoms with Crippen molar-refractivity contribution < 1.29 is 4.92 Å². The molecule has 0 aliphatic carbocycles. The Morgan fingerprint density at radius 3 is 2.55 bits per heavy atom. The highest BCUT2D eigenvalue weighted by molar-refractivity contribution is 7.98. The van der Waals surface area contributed by atoms with Crippen LogP contribution in [0.2, 0.25) is 5.02 Å². The highest BCUT2D eigenvalue weighted by atomic mass is 35.5. The molecule has 0 fully saturated rings. The zero-order valence-corrected chi connectivity index (χ0v) is 11.8. The number of halogens is 1. The van der Waals surface area contributed by atoms with E-state index >= 15 is 0 Å². The summed E-state index contributed by atoms with van der Waals surface area (Å²) < 4.78 is 0. The van der Waals surface area contributed by atoms with Gasteiger partial charge < -0.3 is 0 Å². The number of nitrogens with zero attached hydrogens (tertiary/aromatic N) is 2. The van der Waals surface area contributed by atoms with Crippen molar-refractivity contribution in [1.82, 2.24) is 0 Å². The minimum absolute atomic E-state index is 0.0389. The molecule has 20 heavy (non-hydrogen) atoms. The molecule has 0 saturated carbocycles. The van der Waals surface area contributed by atoms with E-state index in [0.29, 0.717) is 15.7 Å². The van der Waals surface area contributed by atoms with Gasteiger partial charge in [-0.15, -0.1) is 11.8 Å². The first-order valence-electron chi connectivity index (χ1n) is 5.66. The Balaban J connectivity index is 2.19. The standard InChI is InChI=1S/C14H9ClN2O2S/c15-12-4-1-10(2-5-12)9-20-14-6-3-11(8-16)7-13(14)17(18)19/h1-7H,9H2. The van der Waals surface area contributed by atoms with Crippen LogP contribution in [0.25, 0.3) is 0 Å². The fourth-order valence-electron chi connectivity index (χ4n) is 1.59. The summed E-state index contributed by atoms with van der Waals surface area (Å²) in [5.41, 5.74) is 1.27. The molecule has 0 heterocycles. The van der Waals surface area contributed by atoms with Gasteiger partial charge in [0.25, 0.3) is 5.69 Å². The molecule has 0 unspecified atom stereocenters. The van der Waals surface area contributed by atoms with Gasteiger partial charge in [0, 0.05) is 16.8 Å². The van der Waals surface area contributed by atoms with Gasteiger partial charge in [-0.25, -0.2) is 0 Å². The zero-order valence-electron chi connectivity index (χ0n) is 10.2. The third-order valence-electron chi connectivity index (χ3n) is 2.59. The molecule has 0 bridgehead atoms. The third kappa shape index (κ3) is 3.50. The Kier molecular flexibility index (Phi) is 4.61. The maximum absolute atomic E-state index is 11.0. The number of nitro benzene ring substituents is 1. The van der Waals surface area contributed by atoms with Gasteiger partial charge in [-0.1, -0.05) is 23.7 Å². The molecule has 0 aromatic heterocycles. The maximum atomic E-state index is 11.0. The van der Waals surface area contributed by atoms with Crippen molar-refractivity contribution in [3.8, 4) is 6.07 Å². The number of nitriles is 1. The molecule has 0 amide bonds. The number of rotatable bonds is 4. The summed E-state index contributed by atoms with van der Waals surface area (Å²) in [6.07, 6.45) is 0. The molecule has 0 saturated heterocycles. The molecule has 0 atom stereocenters. The van der Waals surface area contributed by atoms with Crippen molar-refractivity contribution in [3.63, 3.8) is 0 Å². The molecular weight excluding hydrogens is 296 g/mol. The van der Waals surface area contributed by atoms with Crippen LogP contribution in [-0.4, -0.2) is 4.92 Å². The van der Waals surface area contributed by atoms with Crippen LogP contribution in [0.4, 0.5) is 5.69 Å². The van der Waals surface area contributed by atoms with E-state index < -0.39 is 4.92 Å². The summed E-state index contributed by atoms with van der Waals surface area (Å²) >= 11 is 7.16. The van der Waals surface area contributed by atoms with Gasteiger partial charge in [0.05, 0.1) is 21.5 Å². The van der Waals surface area contributed by atoms with Gasteiger partial charge in [-0.05, 0) is 29.8 Å². The molecule has 0 aliphatic heterocycles. The van der Waals surface area contributed by atoms with Crippen LogP contribution in [0, 0.1) is 21.4 Å². The normalized spacial score (nSPS) is 10.0. The first kappa shape index (κ1) is 14.4. The number of thioether (sulfide) groups is 1. The zero-order chi connectivity index (χ0) is 14.5. The first-order chi connectivity index (χ1) is 9.60. The highest BCUT2D eigenvalue weighted by Crippen LogP contribution is 2.32. The summed E-state index contributed by atoms with van der Waals surface area (Å²) in [4.78, 5) is 11.1. The van der Waals surface area contributed by atoms with Crippen LogP contribution in [0.1, 0.15) is 11.1 Å². The minimum Gasteiger partial charge on any atom is -0.258 e. The summed E-state index contributed by atoms with van der Waals surface area (Å²) in [7, 11) is 0. The lowest BCUT2D eigenvalue weighted by atomic mass is 10.2. The molecule has 0 spiro atoms. The number of hydrogen-bond acceptors (Lipinski definition) is 4. The lowest BCUT2D eigenvalue weighted by Gasteiger charge is -2.04. The summed E-state index contributed by atoms with van der Waals surface area (Å²) in [5, 5.41) is 20.4. The highest BCUT2D eigenvalue weighted by Gasteiger charge is 2.15. The van der Waals surface area contributed by atoms with E-state index in [1.165, 1.54) is 17.8 Å². The smallest absolute Gasteiger partial charge is 0.258 e. The number of hydrogen-bond donors (Lipinski definition) is 0. The first-order valence-corrected chi connectivity index (χ1v) is 7.02. The predicted molar refractivity (Wildman–Crippen MR) is 78.8 cm³/mol. The van der Waals surface area contributed by atoms with Crippen molar-refractivity contribution in [2.75, 3.05) is 0 Å². The number of nitro groups is 1. The van der Waals surface area contributed by atoms with Crippen LogP contribution in [0.5, 0.6) is 0 Å². The van der Waals surface area contributed by atoms with Crippen LogP contribution in [0.3, 0.4) is 0 Å². The third-order valence-corrected chi connectivity index (χ3v) is 3.98. The topological polar surface area (TPSA) is 66.9 Å². The van der Waals surface area contributed by atoms with Crippen molar-refractivity contribution in [1.29, 1.82) is 5.26 Å². The Labute approximate surface area is 125 Å². The van der Waals surface area contributed by atoms with Crippen LogP contribution in [0.15, 0.2) is 47.4 Å².